The van der Waals surface area contributed by atoms with Crippen LogP contribution >= 0.6 is 0 Å². The molecule has 2 N–H and O–H groups in total. The Morgan fingerprint density at radius 3 is 2.40 bits per heavy atom. The smallest absolute Gasteiger partial charge is 0.287 e. The highest BCUT2D eigenvalue weighted by atomic mass is 16.5. The Morgan fingerprint density at radius 2 is 1.71 bits per heavy atom. The number of furan rings is 1. The van der Waals surface area contributed by atoms with Gasteiger partial charge >= 0.3 is 0 Å². The predicted octanol–water partition coefficient (Wildman–Crippen LogP) is 3.85. The minimum absolute atomic E-state index is 0.0713. The summed E-state index contributed by atoms with van der Waals surface area (Å²) >= 11 is 0. The zero-order valence-corrected chi connectivity index (χ0v) is 19.6. The molecule has 0 aliphatic heterocycles. The van der Waals surface area contributed by atoms with Crippen LogP contribution < -0.4 is 20.3 Å². The van der Waals surface area contributed by atoms with Crippen molar-refractivity contribution >= 4 is 23.4 Å². The third-order valence-electron chi connectivity index (χ3n) is 6.08. The van der Waals surface area contributed by atoms with E-state index in [0.29, 0.717) is 17.0 Å². The molecule has 3 amide bonds. The number of carbonyl (C=O) groups excluding carboxylic acids is 3. The van der Waals surface area contributed by atoms with Gasteiger partial charge in [0.05, 0.1) is 25.6 Å². The third kappa shape index (κ3) is 5.71. The topological polar surface area (TPSA) is 101 Å². The van der Waals surface area contributed by atoms with Crippen molar-refractivity contribution in [3.8, 4) is 5.75 Å². The van der Waals surface area contributed by atoms with Crippen LogP contribution in [0.3, 0.4) is 0 Å². The number of amides is 3. The molecule has 4 rings (SSSR count). The van der Waals surface area contributed by atoms with E-state index in [1.807, 2.05) is 30.3 Å². The van der Waals surface area contributed by atoms with Crippen LogP contribution in [-0.2, 0) is 9.59 Å². The Balaban J connectivity index is 1.70. The van der Waals surface area contributed by atoms with Crippen LogP contribution in [0.4, 0.5) is 5.69 Å². The Bertz CT molecular complexity index is 1140. The van der Waals surface area contributed by atoms with Crippen molar-refractivity contribution in [2.45, 2.75) is 37.8 Å². The fourth-order valence-electron chi connectivity index (χ4n) is 4.39. The highest BCUT2D eigenvalue weighted by molar-refractivity contribution is 6.05. The van der Waals surface area contributed by atoms with E-state index >= 15 is 0 Å². The Morgan fingerprint density at radius 1 is 1.00 bits per heavy atom. The molecule has 0 spiro atoms. The van der Waals surface area contributed by atoms with Crippen molar-refractivity contribution in [3.63, 3.8) is 0 Å². The number of hydrogen-bond donors (Lipinski definition) is 2. The Labute approximate surface area is 204 Å². The first kappa shape index (κ1) is 24.1. The summed E-state index contributed by atoms with van der Waals surface area (Å²) in [6.07, 6.45) is 5.34. The van der Waals surface area contributed by atoms with Gasteiger partial charge in [0.2, 0.25) is 11.8 Å². The number of para-hydroxylation sites is 2. The highest BCUT2D eigenvalue weighted by Crippen LogP contribution is 2.35. The van der Waals surface area contributed by atoms with Crippen LogP contribution in [0.15, 0.2) is 77.4 Å². The Hall–Kier alpha value is -4.07. The average Bonchev–Trinajstić information content (AvgIpc) is 3.61. The minimum Gasteiger partial charge on any atom is -0.495 e. The van der Waals surface area contributed by atoms with E-state index in [0.717, 1.165) is 25.7 Å². The summed E-state index contributed by atoms with van der Waals surface area (Å²) in [7, 11) is 1.51. The van der Waals surface area contributed by atoms with Gasteiger partial charge in [0.1, 0.15) is 11.8 Å². The van der Waals surface area contributed by atoms with Gasteiger partial charge < -0.3 is 19.8 Å². The fourth-order valence-corrected chi connectivity index (χ4v) is 4.39. The van der Waals surface area contributed by atoms with Crippen molar-refractivity contribution in [2.75, 3.05) is 18.6 Å². The molecule has 2 aromatic carbocycles. The monoisotopic (exact) mass is 475 g/mol. The van der Waals surface area contributed by atoms with Crippen LogP contribution in [0.25, 0.3) is 0 Å². The van der Waals surface area contributed by atoms with Gasteiger partial charge in [0.15, 0.2) is 5.76 Å². The maximum absolute atomic E-state index is 13.7. The fraction of sp³-hybridized carbons (Fsp3) is 0.296. The quantitative estimate of drug-likeness (QED) is 0.490. The zero-order valence-electron chi connectivity index (χ0n) is 19.6. The molecular formula is C27H29N3O5. The van der Waals surface area contributed by atoms with Crippen molar-refractivity contribution in [2.24, 2.45) is 0 Å². The minimum atomic E-state index is -0.957. The molecule has 1 fully saturated rings. The maximum atomic E-state index is 13.7. The normalized spacial score (nSPS) is 14.2. The van der Waals surface area contributed by atoms with Gasteiger partial charge in [0.25, 0.3) is 5.91 Å². The number of rotatable bonds is 9. The van der Waals surface area contributed by atoms with Crippen LogP contribution in [-0.4, -0.2) is 37.4 Å². The second-order valence-electron chi connectivity index (χ2n) is 8.40. The molecule has 182 valence electrons. The summed E-state index contributed by atoms with van der Waals surface area (Å²) in [6.45, 7) is -0.336. The number of nitrogens with zero attached hydrogens (tertiary/aromatic N) is 1. The number of hydrogen-bond acceptors (Lipinski definition) is 5. The number of carbonyl (C=O) groups is 3. The molecule has 1 saturated carbocycles. The molecule has 1 heterocycles. The molecule has 8 heteroatoms. The zero-order chi connectivity index (χ0) is 24.6. The molecule has 1 aromatic heterocycles. The van der Waals surface area contributed by atoms with Crippen LogP contribution in [0.2, 0.25) is 0 Å². The van der Waals surface area contributed by atoms with Crippen LogP contribution in [0.5, 0.6) is 5.75 Å². The number of ether oxygens (including phenoxy) is 1. The van der Waals surface area contributed by atoms with Gasteiger partial charge in [-0.25, -0.2) is 0 Å². The lowest BCUT2D eigenvalue weighted by atomic mass is 10.0. The van der Waals surface area contributed by atoms with Crippen LogP contribution in [0.1, 0.15) is 47.8 Å². The molecular weight excluding hydrogens is 446 g/mol. The average molecular weight is 476 g/mol. The van der Waals surface area contributed by atoms with Gasteiger partial charge in [-0.15, -0.1) is 0 Å². The van der Waals surface area contributed by atoms with Gasteiger partial charge in [-0.05, 0) is 42.7 Å². The van der Waals surface area contributed by atoms with Gasteiger partial charge in [-0.3, -0.25) is 19.3 Å². The largest absolute Gasteiger partial charge is 0.495 e. The van der Waals surface area contributed by atoms with E-state index in [1.54, 1.807) is 30.3 Å². The van der Waals surface area contributed by atoms with E-state index in [1.165, 1.54) is 24.3 Å². The predicted molar refractivity (Wildman–Crippen MR) is 131 cm³/mol. The van der Waals surface area contributed by atoms with E-state index in [4.69, 9.17) is 9.15 Å². The first-order chi connectivity index (χ1) is 17.1. The maximum Gasteiger partial charge on any atom is 0.287 e. The summed E-state index contributed by atoms with van der Waals surface area (Å²) in [5, 5.41) is 5.73. The standard InChI is InChI=1S/C27H29N3O5/c1-34-22-15-8-7-14-21(22)30(24(31)18-28-26(32)23-16-9-17-35-23)25(19-10-3-2-4-11-19)27(33)29-20-12-5-6-13-20/h2-4,7-11,14-17,20,25H,5-6,12-13,18H2,1H3,(H,28,32)(H,29,33)/t25-/m0/s1. The summed E-state index contributed by atoms with van der Waals surface area (Å²) in [5.41, 5.74) is 1.09. The van der Waals surface area contributed by atoms with E-state index in [2.05, 4.69) is 10.6 Å². The van der Waals surface area contributed by atoms with Crippen molar-refractivity contribution in [3.05, 3.63) is 84.3 Å². The SMILES string of the molecule is COc1ccccc1N(C(=O)CNC(=O)c1ccco1)[C@H](C(=O)NC1CCCC1)c1ccccc1. The summed E-state index contributed by atoms with van der Waals surface area (Å²) < 4.78 is 10.6. The summed E-state index contributed by atoms with van der Waals surface area (Å²) in [5.74, 6) is -0.729. The van der Waals surface area contributed by atoms with Gasteiger partial charge in [-0.1, -0.05) is 55.3 Å². The molecule has 8 nitrogen and oxygen atoms in total. The van der Waals surface area contributed by atoms with Crippen molar-refractivity contribution in [1.82, 2.24) is 10.6 Å². The Kier molecular flexibility index (Phi) is 7.82. The number of nitrogens with one attached hydrogen (secondary N) is 2. The number of methoxy groups -OCH3 is 1. The molecule has 1 atom stereocenters. The van der Waals surface area contributed by atoms with Gasteiger partial charge in [-0.2, -0.15) is 0 Å². The molecule has 1 aliphatic rings. The van der Waals surface area contributed by atoms with Crippen molar-refractivity contribution < 1.29 is 23.5 Å². The molecule has 1 aliphatic carbocycles. The lowest BCUT2D eigenvalue weighted by molar-refractivity contribution is -0.126. The molecule has 0 saturated heterocycles. The molecule has 3 aromatic rings. The molecule has 0 unspecified atom stereocenters. The summed E-state index contributed by atoms with van der Waals surface area (Å²) in [4.78, 5) is 41.2. The lowest BCUT2D eigenvalue weighted by Gasteiger charge is -2.33. The lowest BCUT2D eigenvalue weighted by Crippen LogP contribution is -2.49. The van der Waals surface area contributed by atoms with Crippen LogP contribution in [0, 0.1) is 0 Å². The number of benzene rings is 2. The molecule has 0 radical (unpaired) electrons. The molecule has 35 heavy (non-hydrogen) atoms. The molecule has 0 bridgehead atoms. The van der Waals surface area contributed by atoms with Crippen molar-refractivity contribution in [1.29, 1.82) is 0 Å². The van der Waals surface area contributed by atoms with E-state index < -0.39 is 17.9 Å². The first-order valence-corrected chi connectivity index (χ1v) is 11.7. The first-order valence-electron chi connectivity index (χ1n) is 11.7. The number of anilines is 1. The summed E-state index contributed by atoms with van der Waals surface area (Å²) in [6, 6.07) is 18.4. The van der Waals surface area contributed by atoms with E-state index in [9.17, 15) is 14.4 Å². The van der Waals surface area contributed by atoms with E-state index in [-0.39, 0.29) is 24.3 Å². The second-order valence-corrected chi connectivity index (χ2v) is 8.40. The van der Waals surface area contributed by atoms with Gasteiger partial charge in [0, 0.05) is 6.04 Å². The third-order valence-corrected chi connectivity index (χ3v) is 6.08. The second kappa shape index (κ2) is 11.4. The highest BCUT2D eigenvalue weighted by Gasteiger charge is 2.35.